The van der Waals surface area contributed by atoms with Gasteiger partial charge in [0.15, 0.2) is 0 Å². The van der Waals surface area contributed by atoms with Gasteiger partial charge >= 0.3 is 0 Å². The molecule has 0 atom stereocenters. The number of fused-ring (bicyclic) bond motifs is 3. The molecule has 16 heavy (non-hydrogen) atoms. The molecule has 0 saturated carbocycles. The molecule has 1 nitrogen and oxygen atoms in total. The van der Waals surface area contributed by atoms with Gasteiger partial charge in [0.1, 0.15) is 0 Å². The highest BCUT2D eigenvalue weighted by Gasteiger charge is 2.28. The number of hydrogen-bond acceptors (Lipinski definition) is 1. The summed E-state index contributed by atoms with van der Waals surface area (Å²) in [7, 11) is 0. The Morgan fingerprint density at radius 2 is 1.88 bits per heavy atom. The average Bonchev–Trinajstić information content (AvgIpc) is 2.39. The van der Waals surface area contributed by atoms with Crippen LogP contribution in [-0.2, 0) is 6.42 Å². The van der Waals surface area contributed by atoms with Gasteiger partial charge in [-0.25, -0.2) is 0 Å². The average molecular weight is 213 g/mol. The van der Waals surface area contributed by atoms with Crippen molar-refractivity contribution in [3.05, 3.63) is 47.5 Å². The van der Waals surface area contributed by atoms with E-state index in [9.17, 15) is 0 Å². The Bertz CT molecular complexity index is 372. The summed E-state index contributed by atoms with van der Waals surface area (Å²) < 4.78 is 0. The molecule has 84 valence electrons. The third kappa shape index (κ3) is 2.05. The highest BCUT2D eigenvalue weighted by atomic mass is 15.1. The smallest absolute Gasteiger partial charge is 0.0195 e. The van der Waals surface area contributed by atoms with E-state index in [1.807, 2.05) is 0 Å². The van der Waals surface area contributed by atoms with E-state index < -0.39 is 0 Å². The molecule has 3 heterocycles. The molecule has 0 amide bonds. The Balaban J connectivity index is 1.69. The van der Waals surface area contributed by atoms with Crippen molar-refractivity contribution in [3.8, 4) is 0 Å². The molecule has 1 aromatic carbocycles. The SMILES string of the molecule is C(/Cc1ccccc1)=C1\CN2CCC1CC2. The van der Waals surface area contributed by atoms with E-state index in [1.54, 1.807) is 5.57 Å². The Labute approximate surface area is 97.8 Å². The quantitative estimate of drug-likeness (QED) is 0.683. The van der Waals surface area contributed by atoms with Crippen molar-refractivity contribution in [3.63, 3.8) is 0 Å². The van der Waals surface area contributed by atoms with Crippen molar-refractivity contribution in [2.24, 2.45) is 5.92 Å². The second-order valence-corrected chi connectivity index (χ2v) is 5.02. The molecule has 0 aliphatic carbocycles. The lowest BCUT2D eigenvalue weighted by Gasteiger charge is -2.41. The lowest BCUT2D eigenvalue weighted by Crippen LogP contribution is -2.43. The van der Waals surface area contributed by atoms with Gasteiger partial charge in [0.05, 0.1) is 0 Å². The number of allylic oxidation sites excluding steroid dienone is 1. The fourth-order valence-electron chi connectivity index (χ4n) is 2.94. The Kier molecular flexibility index (Phi) is 2.79. The maximum absolute atomic E-state index is 2.59. The van der Waals surface area contributed by atoms with Crippen LogP contribution in [0.5, 0.6) is 0 Å². The van der Waals surface area contributed by atoms with Crippen LogP contribution in [0.4, 0.5) is 0 Å². The molecule has 4 rings (SSSR count). The minimum absolute atomic E-state index is 0.897. The summed E-state index contributed by atoms with van der Waals surface area (Å²) in [5.74, 6) is 0.897. The highest BCUT2D eigenvalue weighted by Crippen LogP contribution is 2.31. The van der Waals surface area contributed by atoms with Gasteiger partial charge in [0.25, 0.3) is 0 Å². The van der Waals surface area contributed by atoms with E-state index in [-0.39, 0.29) is 0 Å². The van der Waals surface area contributed by atoms with E-state index in [4.69, 9.17) is 0 Å². The van der Waals surface area contributed by atoms with Gasteiger partial charge in [-0.15, -0.1) is 0 Å². The topological polar surface area (TPSA) is 3.24 Å². The predicted molar refractivity (Wildman–Crippen MR) is 67.4 cm³/mol. The molecule has 2 bridgehead atoms. The zero-order valence-corrected chi connectivity index (χ0v) is 9.73. The van der Waals surface area contributed by atoms with Gasteiger partial charge in [0.2, 0.25) is 0 Å². The molecule has 1 aromatic rings. The van der Waals surface area contributed by atoms with Gasteiger partial charge in [-0.3, -0.25) is 4.90 Å². The van der Waals surface area contributed by atoms with Crippen molar-refractivity contribution in [2.75, 3.05) is 19.6 Å². The van der Waals surface area contributed by atoms with Crippen LogP contribution in [-0.4, -0.2) is 24.5 Å². The van der Waals surface area contributed by atoms with Gasteiger partial charge in [-0.05, 0) is 43.8 Å². The Morgan fingerprint density at radius 1 is 1.12 bits per heavy atom. The van der Waals surface area contributed by atoms with Crippen LogP contribution >= 0.6 is 0 Å². The van der Waals surface area contributed by atoms with Crippen LogP contribution in [0.15, 0.2) is 42.0 Å². The molecule has 1 heteroatoms. The number of rotatable bonds is 2. The first-order valence-electron chi connectivity index (χ1n) is 6.37. The summed E-state index contributed by atoms with van der Waals surface area (Å²) in [6.07, 6.45) is 6.37. The first-order chi connectivity index (χ1) is 7.92. The largest absolute Gasteiger partial charge is 0.299 e. The lowest BCUT2D eigenvalue weighted by atomic mass is 9.83. The number of hydrogen-bond donors (Lipinski definition) is 0. The summed E-state index contributed by atoms with van der Waals surface area (Å²) in [4.78, 5) is 2.59. The zero-order valence-electron chi connectivity index (χ0n) is 9.73. The summed E-state index contributed by atoms with van der Waals surface area (Å²) in [5.41, 5.74) is 3.13. The summed E-state index contributed by atoms with van der Waals surface area (Å²) in [6, 6.07) is 10.8. The van der Waals surface area contributed by atoms with E-state index in [2.05, 4.69) is 41.3 Å². The standard InChI is InChI=1S/C15H19N/c1-2-4-13(5-3-1)6-7-15-12-16-10-8-14(15)9-11-16/h1-5,7,14H,6,8-12H2/b15-7-. The van der Waals surface area contributed by atoms with Crippen molar-refractivity contribution in [1.82, 2.24) is 4.90 Å². The highest BCUT2D eigenvalue weighted by molar-refractivity contribution is 5.22. The molecule has 3 aliphatic rings. The van der Waals surface area contributed by atoms with E-state index in [0.717, 1.165) is 12.3 Å². The second-order valence-electron chi connectivity index (χ2n) is 5.02. The Hall–Kier alpha value is -1.08. The number of benzene rings is 1. The van der Waals surface area contributed by atoms with Gasteiger partial charge in [-0.2, -0.15) is 0 Å². The van der Waals surface area contributed by atoms with E-state index >= 15 is 0 Å². The van der Waals surface area contributed by atoms with Crippen LogP contribution in [0.1, 0.15) is 18.4 Å². The van der Waals surface area contributed by atoms with E-state index in [0.29, 0.717) is 0 Å². The zero-order chi connectivity index (χ0) is 10.8. The fourth-order valence-corrected chi connectivity index (χ4v) is 2.94. The predicted octanol–water partition coefficient (Wildman–Crippen LogP) is 2.88. The van der Waals surface area contributed by atoms with Gasteiger partial charge in [0, 0.05) is 6.54 Å². The third-order valence-corrected chi connectivity index (χ3v) is 3.96. The fraction of sp³-hybridized carbons (Fsp3) is 0.467. The van der Waals surface area contributed by atoms with Crippen LogP contribution in [0.25, 0.3) is 0 Å². The first-order valence-corrected chi connectivity index (χ1v) is 6.37. The maximum atomic E-state index is 2.59. The maximum Gasteiger partial charge on any atom is 0.0195 e. The molecule has 0 unspecified atom stereocenters. The number of piperidine rings is 3. The molecular formula is C15H19N. The molecule has 0 spiro atoms. The first kappa shape index (κ1) is 10.1. The molecule has 0 radical (unpaired) electrons. The summed E-state index contributed by atoms with van der Waals surface area (Å²) in [5, 5.41) is 0. The lowest BCUT2D eigenvalue weighted by molar-refractivity contribution is 0.161. The Morgan fingerprint density at radius 3 is 2.50 bits per heavy atom. The van der Waals surface area contributed by atoms with E-state index in [1.165, 1.54) is 38.0 Å². The molecule has 3 aliphatic heterocycles. The van der Waals surface area contributed by atoms with Crippen molar-refractivity contribution >= 4 is 0 Å². The van der Waals surface area contributed by atoms with Crippen LogP contribution in [0.2, 0.25) is 0 Å². The minimum atomic E-state index is 0.897. The van der Waals surface area contributed by atoms with Crippen molar-refractivity contribution in [2.45, 2.75) is 19.3 Å². The van der Waals surface area contributed by atoms with Crippen LogP contribution in [0.3, 0.4) is 0 Å². The van der Waals surface area contributed by atoms with Crippen molar-refractivity contribution in [1.29, 1.82) is 0 Å². The van der Waals surface area contributed by atoms with Crippen LogP contribution < -0.4 is 0 Å². The minimum Gasteiger partial charge on any atom is -0.299 e. The van der Waals surface area contributed by atoms with Crippen LogP contribution in [0, 0.1) is 5.92 Å². The molecular weight excluding hydrogens is 194 g/mol. The van der Waals surface area contributed by atoms with Gasteiger partial charge < -0.3 is 0 Å². The normalized spacial score (nSPS) is 30.9. The summed E-state index contributed by atoms with van der Waals surface area (Å²) in [6.45, 7) is 3.89. The second kappa shape index (κ2) is 4.42. The summed E-state index contributed by atoms with van der Waals surface area (Å²) >= 11 is 0. The molecule has 0 N–H and O–H groups in total. The molecule has 3 fully saturated rings. The molecule has 0 aromatic heterocycles. The molecule has 3 saturated heterocycles. The van der Waals surface area contributed by atoms with Crippen molar-refractivity contribution < 1.29 is 0 Å². The number of nitrogens with zero attached hydrogens (tertiary/aromatic N) is 1. The third-order valence-electron chi connectivity index (χ3n) is 3.96. The monoisotopic (exact) mass is 213 g/mol. The van der Waals surface area contributed by atoms with Gasteiger partial charge in [-0.1, -0.05) is 42.0 Å².